The SMILES string of the molecule is CC(C)(C)C1CN(C(=O)c2c[nH]cc2-c2cc(Br)c3c(c2)OCCO3)CCO1. The smallest absolute Gasteiger partial charge is 0.256 e. The highest BCUT2D eigenvalue weighted by Crippen LogP contribution is 2.42. The van der Waals surface area contributed by atoms with Gasteiger partial charge in [-0.15, -0.1) is 0 Å². The summed E-state index contributed by atoms with van der Waals surface area (Å²) in [5, 5.41) is 0. The Labute approximate surface area is 173 Å². The van der Waals surface area contributed by atoms with Crippen molar-refractivity contribution >= 4 is 21.8 Å². The van der Waals surface area contributed by atoms with E-state index in [0.717, 1.165) is 15.6 Å². The zero-order chi connectivity index (χ0) is 19.9. The average Bonchev–Trinajstić information content (AvgIpc) is 3.16. The molecule has 28 heavy (non-hydrogen) atoms. The van der Waals surface area contributed by atoms with Crippen LogP contribution in [0.15, 0.2) is 29.0 Å². The Morgan fingerprint density at radius 2 is 1.96 bits per heavy atom. The molecule has 2 aromatic rings. The molecule has 3 heterocycles. The van der Waals surface area contributed by atoms with Gasteiger partial charge in [-0.1, -0.05) is 20.8 Å². The van der Waals surface area contributed by atoms with Crippen LogP contribution in [0.2, 0.25) is 0 Å². The summed E-state index contributed by atoms with van der Waals surface area (Å²) in [6, 6.07) is 3.89. The van der Waals surface area contributed by atoms with Crippen LogP contribution in [0.5, 0.6) is 11.5 Å². The van der Waals surface area contributed by atoms with Crippen LogP contribution in [0.3, 0.4) is 0 Å². The number of amides is 1. The molecule has 1 aromatic heterocycles. The number of H-pyrrole nitrogens is 1. The first kappa shape index (κ1) is 19.3. The van der Waals surface area contributed by atoms with Crippen LogP contribution in [-0.4, -0.2) is 54.8 Å². The number of nitrogens with one attached hydrogen (secondary N) is 1. The molecule has 2 aliphatic heterocycles. The third-order valence-electron chi connectivity index (χ3n) is 5.20. The van der Waals surface area contributed by atoms with E-state index in [1.165, 1.54) is 0 Å². The summed E-state index contributed by atoms with van der Waals surface area (Å²) < 4.78 is 18.1. The lowest BCUT2D eigenvalue weighted by atomic mass is 9.88. The maximum atomic E-state index is 13.3. The second kappa shape index (κ2) is 7.44. The number of morpholine rings is 1. The van der Waals surface area contributed by atoms with Gasteiger partial charge in [0.1, 0.15) is 13.2 Å². The minimum atomic E-state index is -0.0133. The molecule has 7 heteroatoms. The van der Waals surface area contributed by atoms with E-state index in [2.05, 4.69) is 41.7 Å². The average molecular weight is 449 g/mol. The first-order valence-corrected chi connectivity index (χ1v) is 10.3. The van der Waals surface area contributed by atoms with Gasteiger partial charge in [0.15, 0.2) is 11.5 Å². The van der Waals surface area contributed by atoms with Crippen LogP contribution >= 0.6 is 15.9 Å². The van der Waals surface area contributed by atoms with Crippen LogP contribution in [0.25, 0.3) is 11.1 Å². The fourth-order valence-electron chi connectivity index (χ4n) is 3.57. The lowest BCUT2D eigenvalue weighted by molar-refractivity contribution is -0.0706. The number of aromatic nitrogens is 1. The van der Waals surface area contributed by atoms with Gasteiger partial charge in [0.05, 0.1) is 22.7 Å². The number of benzene rings is 1. The Balaban J connectivity index is 1.63. The first-order chi connectivity index (χ1) is 13.3. The molecule has 0 saturated carbocycles. The Morgan fingerprint density at radius 1 is 1.18 bits per heavy atom. The van der Waals surface area contributed by atoms with Crippen LogP contribution in [-0.2, 0) is 4.74 Å². The first-order valence-electron chi connectivity index (χ1n) is 9.52. The molecule has 150 valence electrons. The lowest BCUT2D eigenvalue weighted by Gasteiger charge is -2.39. The van der Waals surface area contributed by atoms with Crippen molar-refractivity contribution in [1.29, 1.82) is 0 Å². The number of rotatable bonds is 2. The van der Waals surface area contributed by atoms with Gasteiger partial charge in [-0.2, -0.15) is 0 Å². The van der Waals surface area contributed by atoms with Crippen molar-refractivity contribution < 1.29 is 19.0 Å². The molecule has 1 fully saturated rings. The number of ether oxygens (including phenoxy) is 3. The zero-order valence-electron chi connectivity index (χ0n) is 16.4. The minimum Gasteiger partial charge on any atom is -0.486 e. The van der Waals surface area contributed by atoms with Gasteiger partial charge in [-0.25, -0.2) is 0 Å². The van der Waals surface area contributed by atoms with E-state index in [1.807, 2.05) is 23.2 Å². The monoisotopic (exact) mass is 448 g/mol. The molecule has 0 spiro atoms. The highest BCUT2D eigenvalue weighted by atomic mass is 79.9. The molecule has 1 saturated heterocycles. The molecule has 1 aromatic carbocycles. The largest absolute Gasteiger partial charge is 0.486 e. The molecule has 0 bridgehead atoms. The second-order valence-corrected chi connectivity index (χ2v) is 9.10. The highest BCUT2D eigenvalue weighted by molar-refractivity contribution is 9.10. The van der Waals surface area contributed by atoms with Gasteiger partial charge in [0.2, 0.25) is 0 Å². The van der Waals surface area contributed by atoms with E-state index in [9.17, 15) is 4.79 Å². The van der Waals surface area contributed by atoms with E-state index in [-0.39, 0.29) is 17.4 Å². The van der Waals surface area contributed by atoms with Gasteiger partial charge in [-0.3, -0.25) is 4.79 Å². The highest BCUT2D eigenvalue weighted by Gasteiger charge is 2.33. The summed E-state index contributed by atoms with van der Waals surface area (Å²) in [5.41, 5.74) is 2.39. The van der Waals surface area contributed by atoms with Crippen molar-refractivity contribution in [2.75, 3.05) is 32.9 Å². The molecule has 1 unspecified atom stereocenters. The van der Waals surface area contributed by atoms with Crippen LogP contribution in [0.1, 0.15) is 31.1 Å². The molecular formula is C21H25BrN2O4. The van der Waals surface area contributed by atoms with Crippen molar-refractivity contribution in [1.82, 2.24) is 9.88 Å². The summed E-state index contributed by atoms with van der Waals surface area (Å²) >= 11 is 3.56. The number of carbonyl (C=O) groups is 1. The van der Waals surface area contributed by atoms with E-state index in [0.29, 0.717) is 50.0 Å². The molecule has 1 atom stereocenters. The van der Waals surface area contributed by atoms with Crippen LogP contribution < -0.4 is 9.47 Å². The molecule has 0 radical (unpaired) electrons. The number of carbonyl (C=O) groups excluding carboxylic acids is 1. The number of halogens is 1. The van der Waals surface area contributed by atoms with Crippen molar-refractivity contribution in [3.8, 4) is 22.6 Å². The maximum Gasteiger partial charge on any atom is 0.256 e. The van der Waals surface area contributed by atoms with Crippen molar-refractivity contribution in [2.24, 2.45) is 5.41 Å². The van der Waals surface area contributed by atoms with Crippen molar-refractivity contribution in [2.45, 2.75) is 26.9 Å². The molecule has 2 aliphatic rings. The Kier molecular flexibility index (Phi) is 5.14. The summed E-state index contributed by atoms with van der Waals surface area (Å²) in [6.07, 6.45) is 3.65. The lowest BCUT2D eigenvalue weighted by Crippen LogP contribution is -2.50. The van der Waals surface area contributed by atoms with Crippen molar-refractivity contribution in [3.05, 3.63) is 34.6 Å². The number of fused-ring (bicyclic) bond motifs is 1. The molecule has 1 amide bonds. The predicted octanol–water partition coefficient (Wildman–Crippen LogP) is 4.10. The van der Waals surface area contributed by atoms with Gasteiger partial charge in [0.25, 0.3) is 5.91 Å². The summed E-state index contributed by atoms with van der Waals surface area (Å²) in [7, 11) is 0. The van der Waals surface area contributed by atoms with Gasteiger partial charge in [-0.05, 0) is 39.0 Å². The Morgan fingerprint density at radius 3 is 2.75 bits per heavy atom. The maximum absolute atomic E-state index is 13.3. The fourth-order valence-corrected chi connectivity index (χ4v) is 4.13. The quantitative estimate of drug-likeness (QED) is 0.750. The fraction of sp³-hybridized carbons (Fsp3) is 0.476. The number of hydrogen-bond donors (Lipinski definition) is 1. The molecule has 1 N–H and O–H groups in total. The van der Waals surface area contributed by atoms with E-state index in [1.54, 1.807) is 6.20 Å². The number of hydrogen-bond acceptors (Lipinski definition) is 4. The van der Waals surface area contributed by atoms with Crippen LogP contribution in [0, 0.1) is 5.41 Å². The molecular weight excluding hydrogens is 424 g/mol. The minimum absolute atomic E-state index is 0.0133. The predicted molar refractivity (Wildman–Crippen MR) is 110 cm³/mol. The van der Waals surface area contributed by atoms with Gasteiger partial charge >= 0.3 is 0 Å². The zero-order valence-corrected chi connectivity index (χ0v) is 18.0. The number of aromatic amines is 1. The second-order valence-electron chi connectivity index (χ2n) is 8.24. The summed E-state index contributed by atoms with van der Waals surface area (Å²) in [6.45, 7) is 9.22. The van der Waals surface area contributed by atoms with E-state index < -0.39 is 0 Å². The standard InChI is InChI=1S/C21H25BrN2O4/c1-21(2,3)18-12-24(4-5-27-18)20(25)15-11-23-10-14(15)13-8-16(22)19-17(9-13)26-6-7-28-19/h8-11,18,23H,4-7,12H2,1-3H3. The van der Waals surface area contributed by atoms with Crippen molar-refractivity contribution in [3.63, 3.8) is 0 Å². The van der Waals surface area contributed by atoms with Crippen LogP contribution in [0.4, 0.5) is 0 Å². The Bertz CT molecular complexity index is 887. The molecule has 6 nitrogen and oxygen atoms in total. The summed E-state index contributed by atoms with van der Waals surface area (Å²) in [4.78, 5) is 18.3. The third-order valence-corrected chi connectivity index (χ3v) is 5.79. The topological polar surface area (TPSA) is 63.8 Å². The van der Waals surface area contributed by atoms with E-state index >= 15 is 0 Å². The third kappa shape index (κ3) is 3.65. The Hall–Kier alpha value is -1.99. The number of nitrogens with zero attached hydrogens (tertiary/aromatic N) is 1. The normalized spacial score (nSPS) is 19.6. The molecule has 0 aliphatic carbocycles. The summed E-state index contributed by atoms with van der Waals surface area (Å²) in [5.74, 6) is 1.41. The van der Waals surface area contributed by atoms with Gasteiger partial charge in [0, 0.05) is 31.0 Å². The molecule has 4 rings (SSSR count). The van der Waals surface area contributed by atoms with E-state index in [4.69, 9.17) is 14.2 Å². The van der Waals surface area contributed by atoms with Gasteiger partial charge < -0.3 is 24.1 Å².